The molecule has 1 saturated carbocycles. The Morgan fingerprint density at radius 1 is 1.20 bits per heavy atom. The lowest BCUT2D eigenvalue weighted by molar-refractivity contribution is 0.203. The third kappa shape index (κ3) is 4.98. The smallest absolute Gasteiger partial charge is 0.0110 e. The molecule has 0 atom stereocenters. The quantitative estimate of drug-likeness (QED) is 0.753. The SMILES string of the molecule is CCN(CCNC(C)(C)C)C1CCCC1. The van der Waals surface area contributed by atoms with E-state index in [1.807, 2.05) is 0 Å². The Balaban J connectivity index is 2.21. The second-order valence-corrected chi connectivity index (χ2v) is 5.74. The first-order valence-corrected chi connectivity index (χ1v) is 6.52. The Labute approximate surface area is 95.4 Å². The molecule has 0 saturated heterocycles. The highest BCUT2D eigenvalue weighted by Gasteiger charge is 2.21. The van der Waals surface area contributed by atoms with Crippen molar-refractivity contribution in [2.24, 2.45) is 0 Å². The van der Waals surface area contributed by atoms with E-state index in [2.05, 4.69) is 37.9 Å². The van der Waals surface area contributed by atoms with Crippen molar-refractivity contribution in [1.82, 2.24) is 10.2 Å². The van der Waals surface area contributed by atoms with Crippen LogP contribution in [0.2, 0.25) is 0 Å². The van der Waals surface area contributed by atoms with E-state index in [0.29, 0.717) is 0 Å². The summed E-state index contributed by atoms with van der Waals surface area (Å²) < 4.78 is 0. The second-order valence-electron chi connectivity index (χ2n) is 5.74. The largest absolute Gasteiger partial charge is 0.311 e. The Kier molecular flexibility index (Phi) is 5.07. The van der Waals surface area contributed by atoms with E-state index >= 15 is 0 Å². The first-order chi connectivity index (χ1) is 7.03. The summed E-state index contributed by atoms with van der Waals surface area (Å²) in [6, 6.07) is 0.872. The van der Waals surface area contributed by atoms with Crippen LogP contribution in [0.15, 0.2) is 0 Å². The molecule has 0 amide bonds. The lowest BCUT2D eigenvalue weighted by Gasteiger charge is -2.29. The highest BCUT2D eigenvalue weighted by Crippen LogP contribution is 2.22. The molecule has 1 fully saturated rings. The zero-order valence-corrected chi connectivity index (χ0v) is 11.0. The van der Waals surface area contributed by atoms with Crippen LogP contribution < -0.4 is 5.32 Å². The standard InChI is InChI=1S/C13H28N2/c1-5-15(12-8-6-7-9-12)11-10-14-13(2,3)4/h12,14H,5-11H2,1-4H3. The van der Waals surface area contributed by atoms with Crippen LogP contribution in [0.1, 0.15) is 53.4 Å². The van der Waals surface area contributed by atoms with Crippen molar-refractivity contribution in [2.75, 3.05) is 19.6 Å². The zero-order chi connectivity index (χ0) is 11.3. The number of nitrogens with one attached hydrogen (secondary N) is 1. The number of likely N-dealkylation sites (N-methyl/N-ethyl adjacent to an activating group) is 1. The molecule has 0 bridgehead atoms. The van der Waals surface area contributed by atoms with E-state index in [4.69, 9.17) is 0 Å². The average molecular weight is 212 g/mol. The van der Waals surface area contributed by atoms with Crippen molar-refractivity contribution in [1.29, 1.82) is 0 Å². The molecule has 0 unspecified atom stereocenters. The van der Waals surface area contributed by atoms with E-state index < -0.39 is 0 Å². The van der Waals surface area contributed by atoms with E-state index in [0.717, 1.165) is 12.6 Å². The number of nitrogens with zero attached hydrogens (tertiary/aromatic N) is 1. The maximum atomic E-state index is 3.57. The first-order valence-electron chi connectivity index (χ1n) is 6.52. The highest BCUT2D eigenvalue weighted by atomic mass is 15.2. The summed E-state index contributed by atoms with van der Waals surface area (Å²) in [5.41, 5.74) is 0.259. The molecule has 0 aromatic rings. The van der Waals surface area contributed by atoms with Gasteiger partial charge in [-0.25, -0.2) is 0 Å². The van der Waals surface area contributed by atoms with Gasteiger partial charge in [-0.15, -0.1) is 0 Å². The number of hydrogen-bond acceptors (Lipinski definition) is 2. The molecule has 2 nitrogen and oxygen atoms in total. The van der Waals surface area contributed by atoms with Gasteiger partial charge in [0.15, 0.2) is 0 Å². The zero-order valence-electron chi connectivity index (χ0n) is 11.0. The fraction of sp³-hybridized carbons (Fsp3) is 1.00. The fourth-order valence-electron chi connectivity index (χ4n) is 2.44. The molecule has 1 rings (SSSR count). The van der Waals surface area contributed by atoms with Gasteiger partial charge in [0.05, 0.1) is 0 Å². The summed E-state index contributed by atoms with van der Waals surface area (Å²) in [6.45, 7) is 12.5. The minimum absolute atomic E-state index is 0.259. The number of rotatable bonds is 5. The van der Waals surface area contributed by atoms with Crippen LogP contribution in [0, 0.1) is 0 Å². The van der Waals surface area contributed by atoms with Gasteiger partial charge in [-0.2, -0.15) is 0 Å². The van der Waals surface area contributed by atoms with E-state index in [1.54, 1.807) is 0 Å². The van der Waals surface area contributed by atoms with Crippen LogP contribution in [-0.2, 0) is 0 Å². The molecule has 0 aliphatic heterocycles. The molecule has 2 heteroatoms. The second kappa shape index (κ2) is 5.86. The van der Waals surface area contributed by atoms with Gasteiger partial charge in [-0.3, -0.25) is 4.90 Å². The molecule has 15 heavy (non-hydrogen) atoms. The average Bonchev–Trinajstić information content (AvgIpc) is 2.63. The Hall–Kier alpha value is -0.0800. The van der Waals surface area contributed by atoms with Gasteiger partial charge in [-0.05, 0) is 40.2 Å². The van der Waals surface area contributed by atoms with Crippen LogP contribution in [0.3, 0.4) is 0 Å². The normalized spacial score (nSPS) is 19.0. The molecule has 0 radical (unpaired) electrons. The van der Waals surface area contributed by atoms with E-state index in [9.17, 15) is 0 Å². The van der Waals surface area contributed by atoms with Crippen LogP contribution in [0.5, 0.6) is 0 Å². The van der Waals surface area contributed by atoms with Crippen molar-refractivity contribution < 1.29 is 0 Å². The molecule has 0 spiro atoms. The van der Waals surface area contributed by atoms with E-state index in [1.165, 1.54) is 38.8 Å². The first kappa shape index (κ1) is 13.0. The summed E-state index contributed by atoms with van der Waals surface area (Å²) in [5, 5.41) is 3.57. The summed E-state index contributed by atoms with van der Waals surface area (Å²) in [7, 11) is 0. The molecule has 1 aliphatic carbocycles. The van der Waals surface area contributed by atoms with Gasteiger partial charge < -0.3 is 5.32 Å². The summed E-state index contributed by atoms with van der Waals surface area (Å²) in [5.74, 6) is 0. The molecular formula is C13H28N2. The van der Waals surface area contributed by atoms with Gasteiger partial charge in [0, 0.05) is 24.7 Å². The lowest BCUT2D eigenvalue weighted by atomic mass is 10.1. The Bertz CT molecular complexity index is 166. The van der Waals surface area contributed by atoms with Crippen molar-refractivity contribution in [3.8, 4) is 0 Å². The highest BCUT2D eigenvalue weighted by molar-refractivity contribution is 4.78. The summed E-state index contributed by atoms with van der Waals surface area (Å²) >= 11 is 0. The van der Waals surface area contributed by atoms with Gasteiger partial charge in [-0.1, -0.05) is 19.8 Å². The topological polar surface area (TPSA) is 15.3 Å². The van der Waals surface area contributed by atoms with Crippen LogP contribution >= 0.6 is 0 Å². The Morgan fingerprint density at radius 2 is 1.80 bits per heavy atom. The molecule has 90 valence electrons. The monoisotopic (exact) mass is 212 g/mol. The predicted molar refractivity (Wildman–Crippen MR) is 67.3 cm³/mol. The van der Waals surface area contributed by atoms with E-state index in [-0.39, 0.29) is 5.54 Å². The minimum atomic E-state index is 0.259. The molecule has 0 heterocycles. The fourth-order valence-corrected chi connectivity index (χ4v) is 2.44. The molecule has 1 N–H and O–H groups in total. The third-order valence-corrected chi connectivity index (χ3v) is 3.30. The van der Waals surface area contributed by atoms with Gasteiger partial charge in [0.25, 0.3) is 0 Å². The van der Waals surface area contributed by atoms with Crippen LogP contribution in [0.25, 0.3) is 0 Å². The van der Waals surface area contributed by atoms with Gasteiger partial charge >= 0.3 is 0 Å². The van der Waals surface area contributed by atoms with Gasteiger partial charge in [0.1, 0.15) is 0 Å². The maximum Gasteiger partial charge on any atom is 0.0110 e. The molecule has 0 aromatic heterocycles. The Morgan fingerprint density at radius 3 is 2.27 bits per heavy atom. The van der Waals surface area contributed by atoms with Crippen molar-refractivity contribution in [3.05, 3.63) is 0 Å². The van der Waals surface area contributed by atoms with Crippen LogP contribution in [0.4, 0.5) is 0 Å². The molecule has 0 aromatic carbocycles. The van der Waals surface area contributed by atoms with Crippen molar-refractivity contribution in [3.63, 3.8) is 0 Å². The van der Waals surface area contributed by atoms with Gasteiger partial charge in [0.2, 0.25) is 0 Å². The molecule has 1 aliphatic rings. The summed E-state index contributed by atoms with van der Waals surface area (Å²) in [4.78, 5) is 2.64. The summed E-state index contributed by atoms with van der Waals surface area (Å²) in [6.07, 6.45) is 5.72. The number of hydrogen-bond donors (Lipinski definition) is 1. The lowest BCUT2D eigenvalue weighted by Crippen LogP contribution is -2.43. The van der Waals surface area contributed by atoms with Crippen molar-refractivity contribution in [2.45, 2.75) is 65.0 Å². The maximum absolute atomic E-state index is 3.57. The minimum Gasteiger partial charge on any atom is -0.311 e. The predicted octanol–water partition coefficient (Wildman–Crippen LogP) is 2.64. The van der Waals surface area contributed by atoms with Crippen molar-refractivity contribution >= 4 is 0 Å². The third-order valence-electron chi connectivity index (χ3n) is 3.30. The molecular weight excluding hydrogens is 184 g/mol. The van der Waals surface area contributed by atoms with Crippen LogP contribution in [-0.4, -0.2) is 36.1 Å².